The molecule has 0 spiro atoms. The zero-order valence-electron chi connectivity index (χ0n) is 11.1. The fourth-order valence-electron chi connectivity index (χ4n) is 2.66. The summed E-state index contributed by atoms with van der Waals surface area (Å²) in [6.45, 7) is 0. The highest BCUT2D eigenvalue weighted by atomic mass is 79.9. The summed E-state index contributed by atoms with van der Waals surface area (Å²) in [6.07, 6.45) is 10.3. The average molecular weight is 366 g/mol. The van der Waals surface area contributed by atoms with Crippen LogP contribution in [0.2, 0.25) is 0 Å². The summed E-state index contributed by atoms with van der Waals surface area (Å²) < 4.78 is 4.62. The van der Waals surface area contributed by atoms with Crippen molar-refractivity contribution in [3.05, 3.63) is 23.2 Å². The minimum Gasteiger partial charge on any atom is -0.302 e. The Morgan fingerprint density at radius 1 is 1.29 bits per heavy atom. The Bertz CT molecular complexity index is 777. The molecule has 1 saturated carbocycles. The highest BCUT2D eigenvalue weighted by molar-refractivity contribution is 9.10. The monoisotopic (exact) mass is 365 g/mol. The largest absolute Gasteiger partial charge is 0.302 e. The van der Waals surface area contributed by atoms with E-state index in [1.165, 1.54) is 24.6 Å². The van der Waals surface area contributed by atoms with Crippen molar-refractivity contribution in [3.8, 4) is 0 Å². The van der Waals surface area contributed by atoms with Crippen molar-refractivity contribution in [3.63, 3.8) is 0 Å². The minimum absolute atomic E-state index is 0.408. The van der Waals surface area contributed by atoms with Gasteiger partial charge in [0.1, 0.15) is 9.63 Å². The van der Waals surface area contributed by atoms with Crippen LogP contribution >= 0.6 is 27.7 Å². The molecule has 1 aliphatic carbocycles. The van der Waals surface area contributed by atoms with E-state index in [0.29, 0.717) is 6.04 Å². The lowest BCUT2D eigenvalue weighted by molar-refractivity contribution is 0.423. The summed E-state index contributed by atoms with van der Waals surface area (Å²) in [7, 11) is 0. The van der Waals surface area contributed by atoms with E-state index in [4.69, 9.17) is 0 Å². The molecule has 3 aromatic rings. The Morgan fingerprint density at radius 2 is 2.14 bits per heavy atom. The number of rotatable bonds is 3. The third-order valence-electron chi connectivity index (χ3n) is 3.64. The molecule has 1 aliphatic rings. The number of tetrazole rings is 1. The molecule has 0 saturated heterocycles. The maximum absolute atomic E-state index is 4.50. The van der Waals surface area contributed by atoms with Crippen LogP contribution in [0, 0.1) is 0 Å². The number of fused-ring (bicyclic) bond motifs is 1. The van der Waals surface area contributed by atoms with Crippen molar-refractivity contribution >= 4 is 33.3 Å². The van der Waals surface area contributed by atoms with E-state index in [1.807, 2.05) is 21.5 Å². The molecule has 9 heteroatoms. The fourth-order valence-corrected chi connectivity index (χ4v) is 4.10. The number of hydrogen-bond donors (Lipinski definition) is 0. The van der Waals surface area contributed by atoms with Crippen LogP contribution in [0.3, 0.4) is 0 Å². The molecule has 0 unspecified atom stereocenters. The lowest BCUT2D eigenvalue weighted by Crippen LogP contribution is -2.08. The third-order valence-corrected chi connectivity index (χ3v) is 4.94. The van der Waals surface area contributed by atoms with Crippen molar-refractivity contribution in [2.24, 2.45) is 0 Å². The van der Waals surface area contributed by atoms with Crippen LogP contribution in [0.15, 0.2) is 33.4 Å². The number of hydrogen-bond acceptors (Lipinski definition) is 6. The van der Waals surface area contributed by atoms with E-state index < -0.39 is 0 Å². The zero-order valence-corrected chi connectivity index (χ0v) is 13.5. The molecule has 21 heavy (non-hydrogen) atoms. The molecule has 3 heterocycles. The normalized spacial score (nSPS) is 16.0. The number of nitrogens with zero attached hydrogens (tertiary/aromatic N) is 7. The maximum Gasteiger partial charge on any atom is 0.216 e. The first-order chi connectivity index (χ1) is 10.3. The predicted octanol–water partition coefficient (Wildman–Crippen LogP) is 2.74. The van der Waals surface area contributed by atoms with E-state index in [-0.39, 0.29) is 0 Å². The van der Waals surface area contributed by atoms with Crippen LogP contribution in [-0.4, -0.2) is 34.6 Å². The summed E-state index contributed by atoms with van der Waals surface area (Å²) in [5, 5.41) is 13.7. The molecule has 108 valence electrons. The Labute approximate surface area is 133 Å². The topological polar surface area (TPSA) is 73.8 Å². The van der Waals surface area contributed by atoms with E-state index in [2.05, 4.69) is 41.4 Å². The second kappa shape index (κ2) is 5.38. The van der Waals surface area contributed by atoms with E-state index in [1.54, 1.807) is 6.20 Å². The molecule has 0 radical (unpaired) electrons. The molecule has 0 N–H and O–H groups in total. The van der Waals surface area contributed by atoms with Crippen LogP contribution in [0.1, 0.15) is 31.7 Å². The van der Waals surface area contributed by atoms with Crippen LogP contribution in [0.4, 0.5) is 0 Å². The molecule has 4 rings (SSSR count). The van der Waals surface area contributed by atoms with Crippen molar-refractivity contribution < 1.29 is 0 Å². The SMILES string of the molecule is Brc1cn2ccnc2c(Sc2nnnn2C2CCCC2)n1. The summed E-state index contributed by atoms with van der Waals surface area (Å²) in [6, 6.07) is 0.408. The van der Waals surface area contributed by atoms with Gasteiger partial charge >= 0.3 is 0 Å². The molecule has 0 bridgehead atoms. The van der Waals surface area contributed by atoms with Gasteiger partial charge in [0, 0.05) is 18.6 Å². The fraction of sp³-hybridized carbons (Fsp3) is 0.417. The average Bonchev–Trinajstić information content (AvgIpc) is 3.18. The third kappa shape index (κ3) is 2.44. The molecule has 7 nitrogen and oxygen atoms in total. The number of aromatic nitrogens is 7. The van der Waals surface area contributed by atoms with Crippen LogP contribution < -0.4 is 0 Å². The molecule has 0 amide bonds. The first-order valence-electron chi connectivity index (χ1n) is 6.76. The van der Waals surface area contributed by atoms with E-state index in [0.717, 1.165) is 33.3 Å². The standard InChI is InChI=1S/C12H12BrN7S/c13-9-7-19-6-5-14-10(19)11(15-9)21-12-16-17-18-20(12)8-3-1-2-4-8/h5-8H,1-4H2. The van der Waals surface area contributed by atoms with E-state index >= 15 is 0 Å². The maximum atomic E-state index is 4.50. The lowest BCUT2D eigenvalue weighted by Gasteiger charge is -2.10. The quantitative estimate of drug-likeness (QED) is 0.710. The van der Waals surface area contributed by atoms with E-state index in [9.17, 15) is 0 Å². The second-order valence-electron chi connectivity index (χ2n) is 4.97. The summed E-state index contributed by atoms with van der Waals surface area (Å²) in [4.78, 5) is 8.85. The zero-order chi connectivity index (χ0) is 14.2. The molecular formula is C12H12BrN7S. The Morgan fingerprint density at radius 3 is 3.00 bits per heavy atom. The molecule has 0 aliphatic heterocycles. The van der Waals surface area contributed by atoms with Crippen molar-refractivity contribution in [1.82, 2.24) is 34.6 Å². The molecule has 0 atom stereocenters. The first-order valence-corrected chi connectivity index (χ1v) is 8.37. The molecule has 0 aromatic carbocycles. The van der Waals surface area contributed by atoms with Gasteiger partial charge in [0.15, 0.2) is 5.65 Å². The highest BCUT2D eigenvalue weighted by Crippen LogP contribution is 2.34. The van der Waals surface area contributed by atoms with Crippen LogP contribution in [0.5, 0.6) is 0 Å². The van der Waals surface area contributed by atoms with Gasteiger partial charge in [-0.2, -0.15) is 0 Å². The van der Waals surface area contributed by atoms with Gasteiger partial charge in [-0.05, 0) is 51.0 Å². The number of halogens is 1. The Balaban J connectivity index is 1.72. The van der Waals surface area contributed by atoms with Gasteiger partial charge in [-0.15, -0.1) is 5.10 Å². The summed E-state index contributed by atoms with van der Waals surface area (Å²) in [5.74, 6) is 0. The van der Waals surface area contributed by atoms with Gasteiger partial charge in [0.05, 0.1) is 6.04 Å². The Hall–Kier alpha value is -1.48. The van der Waals surface area contributed by atoms with Crippen LogP contribution in [0.25, 0.3) is 5.65 Å². The predicted molar refractivity (Wildman–Crippen MR) is 80.1 cm³/mol. The van der Waals surface area contributed by atoms with Gasteiger partial charge in [-0.25, -0.2) is 14.6 Å². The van der Waals surface area contributed by atoms with Crippen molar-refractivity contribution in [2.75, 3.05) is 0 Å². The Kier molecular flexibility index (Phi) is 3.38. The smallest absolute Gasteiger partial charge is 0.216 e. The van der Waals surface area contributed by atoms with Crippen molar-refractivity contribution in [1.29, 1.82) is 0 Å². The molecule has 3 aromatic heterocycles. The molecular weight excluding hydrogens is 354 g/mol. The van der Waals surface area contributed by atoms with Gasteiger partial charge in [-0.3, -0.25) is 0 Å². The summed E-state index contributed by atoms with van der Waals surface area (Å²) in [5.41, 5.74) is 0.809. The number of imidazole rings is 1. The van der Waals surface area contributed by atoms with Crippen LogP contribution in [-0.2, 0) is 0 Å². The first kappa shape index (κ1) is 13.2. The molecule has 1 fully saturated rings. The van der Waals surface area contributed by atoms with Gasteiger partial charge < -0.3 is 4.40 Å². The minimum atomic E-state index is 0.408. The second-order valence-corrected chi connectivity index (χ2v) is 6.74. The highest BCUT2D eigenvalue weighted by Gasteiger charge is 2.23. The lowest BCUT2D eigenvalue weighted by atomic mass is 10.3. The van der Waals surface area contributed by atoms with Crippen molar-refractivity contribution in [2.45, 2.75) is 41.9 Å². The summed E-state index contributed by atoms with van der Waals surface area (Å²) >= 11 is 4.88. The van der Waals surface area contributed by atoms with Gasteiger partial charge in [0.2, 0.25) is 5.16 Å². The van der Waals surface area contributed by atoms with Gasteiger partial charge in [-0.1, -0.05) is 12.8 Å². The van der Waals surface area contributed by atoms with Gasteiger partial charge in [0.25, 0.3) is 0 Å².